The molecular weight excluding hydrogens is 184 g/mol. The summed E-state index contributed by atoms with van der Waals surface area (Å²) in [7, 11) is 0. The lowest BCUT2D eigenvalue weighted by Crippen LogP contribution is -2.31. The third kappa shape index (κ3) is 2.07. The fourth-order valence-corrected chi connectivity index (χ4v) is 2.26. The Morgan fingerprint density at radius 2 is 2.07 bits per heavy atom. The van der Waals surface area contributed by atoms with Gasteiger partial charge in [0.05, 0.1) is 0 Å². The van der Waals surface area contributed by atoms with Crippen LogP contribution in [-0.2, 0) is 19.3 Å². The molecule has 1 atom stereocenters. The molecule has 0 aromatic carbocycles. The van der Waals surface area contributed by atoms with E-state index in [-0.39, 0.29) is 11.6 Å². The van der Waals surface area contributed by atoms with Crippen LogP contribution in [0.15, 0.2) is 0 Å². The van der Waals surface area contributed by atoms with Gasteiger partial charge in [0.25, 0.3) is 0 Å². The van der Waals surface area contributed by atoms with Crippen molar-refractivity contribution in [3.05, 3.63) is 0 Å². The third-order valence-electron chi connectivity index (χ3n) is 2.93. The minimum absolute atomic E-state index is 0.168. The summed E-state index contributed by atoms with van der Waals surface area (Å²) in [6.45, 7) is 1.38. The van der Waals surface area contributed by atoms with Crippen molar-refractivity contribution < 1.29 is 19.3 Å². The van der Waals surface area contributed by atoms with E-state index in [4.69, 9.17) is 14.5 Å². The average Bonchev–Trinajstić information content (AvgIpc) is 2.49. The highest BCUT2D eigenvalue weighted by Crippen LogP contribution is 2.40. The number of hydrogen-bond acceptors (Lipinski definition) is 4. The van der Waals surface area contributed by atoms with E-state index >= 15 is 0 Å². The lowest BCUT2D eigenvalue weighted by atomic mass is 9.83. The van der Waals surface area contributed by atoms with Crippen LogP contribution in [0.4, 0.5) is 0 Å². The molecule has 0 N–H and O–H groups in total. The Balaban J connectivity index is 1.89. The van der Waals surface area contributed by atoms with Crippen molar-refractivity contribution in [3.8, 4) is 0 Å². The maximum atomic E-state index is 10.7. The van der Waals surface area contributed by atoms with Crippen molar-refractivity contribution in [3.63, 3.8) is 0 Å². The van der Waals surface area contributed by atoms with Crippen LogP contribution in [0.3, 0.4) is 0 Å². The van der Waals surface area contributed by atoms with Crippen LogP contribution in [-0.4, -0.2) is 17.9 Å². The van der Waals surface area contributed by atoms with E-state index in [0.29, 0.717) is 6.42 Å². The van der Waals surface area contributed by atoms with Crippen LogP contribution in [0.25, 0.3) is 0 Å². The Labute approximate surface area is 83.4 Å². The van der Waals surface area contributed by atoms with Crippen molar-refractivity contribution >= 4 is 5.97 Å². The highest BCUT2D eigenvalue weighted by atomic mass is 17.2. The molecule has 1 unspecified atom stereocenters. The quantitative estimate of drug-likeness (QED) is 0.479. The maximum Gasteiger partial charge on any atom is 0.305 e. The van der Waals surface area contributed by atoms with Gasteiger partial charge in [0, 0.05) is 13.3 Å². The van der Waals surface area contributed by atoms with Crippen LogP contribution in [0.5, 0.6) is 0 Å². The zero-order chi connectivity index (χ0) is 10.0. The molecule has 0 amide bonds. The van der Waals surface area contributed by atoms with Gasteiger partial charge in [-0.15, -0.1) is 0 Å². The Hall–Kier alpha value is -0.610. The normalized spacial score (nSPS) is 30.5. The summed E-state index contributed by atoms with van der Waals surface area (Å²) >= 11 is 0. The van der Waals surface area contributed by atoms with Crippen molar-refractivity contribution in [1.82, 2.24) is 0 Å². The first-order valence-corrected chi connectivity index (χ1v) is 5.22. The molecule has 0 aromatic rings. The first kappa shape index (κ1) is 9.93. The van der Waals surface area contributed by atoms with Crippen LogP contribution in [0, 0.1) is 0 Å². The molecule has 4 heteroatoms. The van der Waals surface area contributed by atoms with Gasteiger partial charge in [0.2, 0.25) is 6.29 Å². The third-order valence-corrected chi connectivity index (χ3v) is 2.93. The fraction of sp³-hybridized carbons (Fsp3) is 0.900. The van der Waals surface area contributed by atoms with E-state index in [2.05, 4.69) is 0 Å². The Morgan fingerprint density at radius 3 is 2.71 bits per heavy atom. The van der Waals surface area contributed by atoms with Gasteiger partial charge in [-0.3, -0.25) is 4.79 Å². The second-order valence-electron chi connectivity index (χ2n) is 4.17. The SMILES string of the molecule is CC(=O)OC1CC2(CCCCC2)OO1. The first-order valence-electron chi connectivity index (χ1n) is 5.22. The smallest absolute Gasteiger partial charge is 0.305 e. The Kier molecular flexibility index (Phi) is 2.74. The van der Waals surface area contributed by atoms with E-state index in [1.807, 2.05) is 0 Å². The summed E-state index contributed by atoms with van der Waals surface area (Å²) in [6.07, 6.45) is 5.85. The fourth-order valence-electron chi connectivity index (χ4n) is 2.26. The van der Waals surface area contributed by atoms with Crippen LogP contribution in [0.1, 0.15) is 45.4 Å². The van der Waals surface area contributed by atoms with Crippen molar-refractivity contribution in [2.75, 3.05) is 0 Å². The van der Waals surface area contributed by atoms with Crippen LogP contribution in [0.2, 0.25) is 0 Å². The summed E-state index contributed by atoms with van der Waals surface area (Å²) < 4.78 is 4.95. The predicted octanol–water partition coefficient (Wildman–Crippen LogP) is 1.93. The van der Waals surface area contributed by atoms with Gasteiger partial charge in [-0.05, 0) is 12.8 Å². The zero-order valence-electron chi connectivity index (χ0n) is 8.45. The van der Waals surface area contributed by atoms with Crippen LogP contribution >= 0.6 is 0 Å². The number of rotatable bonds is 1. The summed E-state index contributed by atoms with van der Waals surface area (Å²) in [4.78, 5) is 21.0. The highest BCUT2D eigenvalue weighted by Gasteiger charge is 2.44. The Morgan fingerprint density at radius 1 is 1.36 bits per heavy atom. The Bertz CT molecular complexity index is 220. The van der Waals surface area contributed by atoms with E-state index in [9.17, 15) is 4.79 Å². The summed E-state index contributed by atoms with van der Waals surface area (Å²) in [5.41, 5.74) is -0.168. The van der Waals surface area contributed by atoms with E-state index in [0.717, 1.165) is 12.8 Å². The molecule has 1 aliphatic carbocycles. The predicted molar refractivity (Wildman–Crippen MR) is 48.2 cm³/mol. The molecule has 0 aromatic heterocycles. The molecule has 1 spiro atoms. The summed E-state index contributed by atoms with van der Waals surface area (Å²) in [5, 5.41) is 0. The van der Waals surface area contributed by atoms with Crippen molar-refractivity contribution in [2.24, 2.45) is 0 Å². The molecule has 1 aliphatic heterocycles. The lowest BCUT2D eigenvalue weighted by molar-refractivity contribution is -0.359. The van der Waals surface area contributed by atoms with Gasteiger partial charge >= 0.3 is 5.97 Å². The molecule has 80 valence electrons. The molecule has 4 nitrogen and oxygen atoms in total. The largest absolute Gasteiger partial charge is 0.433 e. The van der Waals surface area contributed by atoms with Crippen molar-refractivity contribution in [1.29, 1.82) is 0 Å². The zero-order valence-corrected chi connectivity index (χ0v) is 8.45. The number of carbonyl (C=O) groups is 1. The van der Waals surface area contributed by atoms with Gasteiger partial charge in [-0.2, -0.15) is 4.89 Å². The summed E-state index contributed by atoms with van der Waals surface area (Å²) in [5.74, 6) is -0.313. The minimum atomic E-state index is -0.495. The first-order chi connectivity index (χ1) is 6.70. The second-order valence-corrected chi connectivity index (χ2v) is 4.17. The molecule has 14 heavy (non-hydrogen) atoms. The maximum absolute atomic E-state index is 10.7. The molecule has 2 rings (SSSR count). The van der Waals surface area contributed by atoms with E-state index in [1.165, 1.54) is 26.2 Å². The molecule has 1 heterocycles. The van der Waals surface area contributed by atoms with Crippen molar-refractivity contribution in [2.45, 2.75) is 57.3 Å². The van der Waals surface area contributed by atoms with Gasteiger partial charge in [-0.1, -0.05) is 19.3 Å². The molecule has 2 aliphatic rings. The monoisotopic (exact) mass is 200 g/mol. The van der Waals surface area contributed by atoms with E-state index < -0.39 is 6.29 Å². The number of ether oxygens (including phenoxy) is 1. The van der Waals surface area contributed by atoms with Gasteiger partial charge < -0.3 is 4.74 Å². The standard InChI is InChI=1S/C10H16O4/c1-8(11)12-9-7-10(14-13-9)5-3-2-4-6-10/h9H,2-7H2,1H3. The van der Waals surface area contributed by atoms with Gasteiger partial charge in [0.15, 0.2) is 0 Å². The highest BCUT2D eigenvalue weighted by molar-refractivity contribution is 5.66. The lowest BCUT2D eigenvalue weighted by Gasteiger charge is -2.29. The second kappa shape index (κ2) is 3.87. The average molecular weight is 200 g/mol. The number of esters is 1. The molecule has 1 saturated heterocycles. The molecular formula is C10H16O4. The number of hydrogen-bond donors (Lipinski definition) is 0. The van der Waals surface area contributed by atoms with Gasteiger partial charge in [0.1, 0.15) is 5.60 Å². The number of carbonyl (C=O) groups excluding carboxylic acids is 1. The molecule has 1 saturated carbocycles. The summed E-state index contributed by atoms with van der Waals surface area (Å²) in [6, 6.07) is 0. The minimum Gasteiger partial charge on any atom is -0.433 e. The molecule has 0 bridgehead atoms. The van der Waals surface area contributed by atoms with Gasteiger partial charge in [-0.25, -0.2) is 4.89 Å². The van der Waals surface area contributed by atoms with Crippen LogP contribution < -0.4 is 0 Å². The molecule has 2 fully saturated rings. The topological polar surface area (TPSA) is 44.8 Å². The van der Waals surface area contributed by atoms with E-state index in [1.54, 1.807) is 0 Å². The molecule has 0 radical (unpaired) electrons.